The molecule has 0 aliphatic rings. The summed E-state index contributed by atoms with van der Waals surface area (Å²) in [5.74, 6) is -3.97. The van der Waals surface area contributed by atoms with Crippen LogP contribution >= 0.6 is 0 Å². The molecule has 0 spiro atoms. The Bertz CT molecular complexity index is 1680. The SMILES string of the molecule is C.CC/C=C\CC(=O)Nc1ccc(O)c(C(=O)OC)c1.CCC/C=C\CC(=O)O.COC(=O)c1cc(N)ccc1O.Nc1ccc(O)c(C(=O)O)c1.[Y].[Y]. The van der Waals surface area contributed by atoms with Crippen LogP contribution in [-0.4, -0.2) is 69.5 Å². The first-order chi connectivity index (χ1) is 24.1. The predicted molar refractivity (Wildman–Crippen MR) is 198 cm³/mol. The van der Waals surface area contributed by atoms with E-state index in [1.807, 2.05) is 19.1 Å². The van der Waals surface area contributed by atoms with Crippen molar-refractivity contribution in [1.82, 2.24) is 0 Å². The van der Waals surface area contributed by atoms with Crippen molar-refractivity contribution in [2.24, 2.45) is 0 Å². The van der Waals surface area contributed by atoms with Crippen LogP contribution in [0.15, 0.2) is 78.9 Å². The molecule has 290 valence electrons. The van der Waals surface area contributed by atoms with Gasteiger partial charge in [-0.05, 0) is 67.4 Å². The molecule has 3 aromatic rings. The number of anilines is 3. The summed E-state index contributed by atoms with van der Waals surface area (Å²) in [6.45, 7) is 4.04. The van der Waals surface area contributed by atoms with Gasteiger partial charge in [0.2, 0.25) is 5.91 Å². The minimum atomic E-state index is -1.19. The van der Waals surface area contributed by atoms with E-state index in [1.165, 1.54) is 68.8 Å². The molecule has 10 N–H and O–H groups in total. The molecule has 0 bridgehead atoms. The van der Waals surface area contributed by atoms with Crippen molar-refractivity contribution in [3.63, 3.8) is 0 Å². The van der Waals surface area contributed by atoms with Gasteiger partial charge in [-0.15, -0.1) is 0 Å². The molecular weight excluding hydrogens is 856 g/mol. The normalized spacial score (nSPS) is 9.41. The topological polar surface area (TPSA) is 269 Å². The molecule has 0 unspecified atom stereocenters. The summed E-state index contributed by atoms with van der Waals surface area (Å²) >= 11 is 0. The molecule has 0 fully saturated rings. The number of unbranched alkanes of at least 4 members (excludes halogenated alkanes) is 1. The number of carbonyl (C=O) groups excluding carboxylic acids is 3. The van der Waals surface area contributed by atoms with Crippen molar-refractivity contribution in [1.29, 1.82) is 0 Å². The third kappa shape index (κ3) is 24.1. The minimum Gasteiger partial charge on any atom is -0.507 e. The van der Waals surface area contributed by atoms with Gasteiger partial charge in [-0.2, -0.15) is 0 Å². The Kier molecular flexibility index (Phi) is 33.6. The van der Waals surface area contributed by atoms with Crippen molar-refractivity contribution in [3.05, 3.63) is 95.6 Å². The Labute approximate surface area is 365 Å². The van der Waals surface area contributed by atoms with E-state index in [2.05, 4.69) is 21.7 Å². The van der Waals surface area contributed by atoms with E-state index in [0.29, 0.717) is 17.1 Å². The number of methoxy groups -OCH3 is 2. The number of carbonyl (C=O) groups is 5. The first-order valence-electron chi connectivity index (χ1n) is 15.3. The van der Waals surface area contributed by atoms with Gasteiger partial charge in [0.1, 0.15) is 33.9 Å². The third-order valence-corrected chi connectivity index (χ3v) is 5.98. The monoisotopic (exact) mass is 905 g/mol. The molecule has 0 saturated carbocycles. The Morgan fingerprint density at radius 1 is 0.667 bits per heavy atom. The van der Waals surface area contributed by atoms with Crippen LogP contribution in [0.2, 0.25) is 0 Å². The molecule has 54 heavy (non-hydrogen) atoms. The number of nitrogens with two attached hydrogens (primary N) is 2. The molecule has 0 saturated heterocycles. The van der Waals surface area contributed by atoms with Crippen molar-refractivity contribution in [3.8, 4) is 17.2 Å². The van der Waals surface area contributed by atoms with Crippen LogP contribution in [0, 0.1) is 0 Å². The first kappa shape index (κ1) is 56.4. The summed E-state index contributed by atoms with van der Waals surface area (Å²) in [4.78, 5) is 54.2. The largest absolute Gasteiger partial charge is 0.507 e. The molecule has 1 amide bonds. The number of hydrogen-bond donors (Lipinski definition) is 8. The number of phenolic OH excluding ortho intramolecular Hbond substituents is 2. The van der Waals surface area contributed by atoms with Crippen LogP contribution in [0.5, 0.6) is 17.2 Å². The third-order valence-electron chi connectivity index (χ3n) is 5.98. The average Bonchev–Trinajstić information content (AvgIpc) is 3.09. The maximum absolute atomic E-state index is 11.6. The Balaban J connectivity index is -0.000000316. The summed E-state index contributed by atoms with van der Waals surface area (Å²) in [6, 6.07) is 12.3. The number of ether oxygens (including phenoxy) is 2. The fourth-order valence-electron chi connectivity index (χ4n) is 3.48. The summed E-state index contributed by atoms with van der Waals surface area (Å²) in [7, 11) is 2.47. The molecular formula is C37H49N3O12Y2. The number of carboxylic acid groups (broad SMARTS) is 2. The number of allylic oxidation sites excluding steroid dienone is 2. The number of hydrogen-bond acceptors (Lipinski definition) is 12. The smallest absolute Gasteiger partial charge is 0.341 e. The molecule has 3 rings (SSSR count). The number of carboxylic acids is 2. The van der Waals surface area contributed by atoms with Gasteiger partial charge in [0.05, 0.1) is 20.6 Å². The number of nitrogen functional groups attached to an aromatic ring is 2. The Hall–Kier alpha value is -4.30. The van der Waals surface area contributed by atoms with E-state index >= 15 is 0 Å². The van der Waals surface area contributed by atoms with Gasteiger partial charge in [-0.3, -0.25) is 9.59 Å². The van der Waals surface area contributed by atoms with Gasteiger partial charge in [-0.25, -0.2) is 14.4 Å². The number of aliphatic carboxylic acids is 1. The second-order valence-corrected chi connectivity index (χ2v) is 10.1. The standard InChI is InChI=1S/C14H17NO4.C8H9NO3.C7H7NO3.C7H12O2.CH4.2Y/c1-3-4-5-6-13(17)15-10-7-8-12(16)11(9-10)14(18)19-2;1-12-8(11)6-4-5(9)2-3-7(6)10;8-4-1-2-6(9)5(3-4)7(10)11;1-2-3-4-5-6-7(8)9;;;/h4-5,7-9,16H,3,6H2,1-2H3,(H,15,17);2-4,10H,9H2,1H3;1-3,9H,8H2,(H,10,11);4-5H,2-3,6H2,1H3,(H,8,9);1H4;;/b5-4-;;;5-4-;;;. The molecule has 0 aliphatic carbocycles. The van der Waals surface area contributed by atoms with Gasteiger partial charge in [0.15, 0.2) is 0 Å². The van der Waals surface area contributed by atoms with Crippen molar-refractivity contribution in [2.75, 3.05) is 31.0 Å². The molecule has 17 heteroatoms. The van der Waals surface area contributed by atoms with Crippen LogP contribution in [-0.2, 0) is 84.5 Å². The molecule has 0 aliphatic heterocycles. The zero-order chi connectivity index (χ0) is 38.9. The number of phenols is 3. The van der Waals surface area contributed by atoms with E-state index in [1.54, 1.807) is 12.2 Å². The van der Waals surface area contributed by atoms with Crippen LogP contribution in [0.1, 0.15) is 84.5 Å². The molecule has 15 nitrogen and oxygen atoms in total. The number of nitrogens with one attached hydrogen (secondary N) is 1. The van der Waals surface area contributed by atoms with Gasteiger partial charge >= 0.3 is 23.9 Å². The van der Waals surface area contributed by atoms with Crippen molar-refractivity contribution in [2.45, 2.75) is 53.4 Å². The molecule has 0 atom stereocenters. The van der Waals surface area contributed by atoms with Crippen LogP contribution in [0.25, 0.3) is 0 Å². The van der Waals surface area contributed by atoms with Gasteiger partial charge in [0.25, 0.3) is 0 Å². The van der Waals surface area contributed by atoms with Crippen molar-refractivity contribution < 1.29 is 124 Å². The van der Waals surface area contributed by atoms with Gasteiger partial charge < -0.3 is 51.8 Å². The molecule has 2 radical (unpaired) electrons. The van der Waals surface area contributed by atoms with E-state index < -0.39 is 23.9 Å². The molecule has 0 heterocycles. The number of rotatable bonds is 11. The van der Waals surface area contributed by atoms with Crippen LogP contribution in [0.4, 0.5) is 17.1 Å². The van der Waals surface area contributed by atoms with Crippen molar-refractivity contribution >= 4 is 46.8 Å². The number of aromatic hydroxyl groups is 3. The summed E-state index contributed by atoms with van der Waals surface area (Å²) in [5, 5.41) is 46.9. The number of benzene rings is 3. The summed E-state index contributed by atoms with van der Waals surface area (Å²) in [6.07, 6.45) is 10.6. The predicted octanol–water partition coefficient (Wildman–Crippen LogP) is 6.36. The van der Waals surface area contributed by atoms with Gasteiger partial charge in [-0.1, -0.05) is 52.0 Å². The first-order valence-corrected chi connectivity index (χ1v) is 15.3. The quantitative estimate of drug-likeness (QED) is 0.0451. The molecule has 3 aromatic carbocycles. The van der Waals surface area contributed by atoms with E-state index in [4.69, 9.17) is 26.8 Å². The number of aromatic carboxylic acids is 1. The molecule has 0 aromatic heterocycles. The fraction of sp³-hybridized carbons (Fsp3) is 0.270. The zero-order valence-electron chi connectivity index (χ0n) is 29.9. The van der Waals surface area contributed by atoms with Crippen LogP contribution < -0.4 is 16.8 Å². The summed E-state index contributed by atoms with van der Waals surface area (Å²) < 4.78 is 8.95. The van der Waals surface area contributed by atoms with Crippen LogP contribution in [0.3, 0.4) is 0 Å². The maximum Gasteiger partial charge on any atom is 0.341 e. The van der Waals surface area contributed by atoms with E-state index in [-0.39, 0.29) is 126 Å². The average molecular weight is 906 g/mol. The second kappa shape index (κ2) is 32.2. The minimum absolute atomic E-state index is 0. The van der Waals surface area contributed by atoms with E-state index in [0.717, 1.165) is 19.3 Å². The summed E-state index contributed by atoms with van der Waals surface area (Å²) in [5.41, 5.74) is 11.8. The zero-order valence-corrected chi connectivity index (χ0v) is 35.6. The number of amides is 1. The van der Waals surface area contributed by atoms with E-state index in [9.17, 15) is 34.2 Å². The maximum atomic E-state index is 11.6. The Morgan fingerprint density at radius 3 is 1.54 bits per heavy atom. The number of esters is 2. The Morgan fingerprint density at radius 2 is 1.11 bits per heavy atom. The van der Waals surface area contributed by atoms with Gasteiger partial charge in [0, 0.05) is 88.9 Å². The second-order valence-electron chi connectivity index (χ2n) is 10.1. The fourth-order valence-corrected chi connectivity index (χ4v) is 3.48.